The minimum Gasteiger partial charge on any atom is -0.509 e. The molecule has 0 aromatic heterocycles. The highest BCUT2D eigenvalue weighted by Crippen LogP contribution is 2.11. The van der Waals surface area contributed by atoms with Crippen LogP contribution in [0.15, 0.2) is 29.1 Å². The van der Waals surface area contributed by atoms with E-state index in [0.29, 0.717) is 5.70 Å². The zero-order chi connectivity index (χ0) is 11.1. The van der Waals surface area contributed by atoms with Crippen molar-refractivity contribution in [1.82, 2.24) is 0 Å². The fourth-order valence-corrected chi connectivity index (χ4v) is 0.920. The lowest BCUT2D eigenvalue weighted by atomic mass is 10.3. The Kier molecular flexibility index (Phi) is 5.83. The number of nitrogens with zero attached hydrogens (tertiary/aromatic N) is 1. The zero-order valence-electron chi connectivity index (χ0n) is 9.07. The summed E-state index contributed by atoms with van der Waals surface area (Å²) in [7, 11) is 3.01. The summed E-state index contributed by atoms with van der Waals surface area (Å²) in [5, 5.41) is 9.02. The zero-order valence-corrected chi connectivity index (χ0v) is 9.07. The molecule has 0 aromatic rings. The highest BCUT2D eigenvalue weighted by atomic mass is 16.7. The van der Waals surface area contributed by atoms with E-state index in [-0.39, 0.29) is 5.76 Å². The minimum atomic E-state index is -0.589. The van der Waals surface area contributed by atoms with Gasteiger partial charge in [0.1, 0.15) is 5.76 Å². The molecule has 0 atom stereocenters. The Bertz CT molecular complexity index is 248. The molecule has 0 amide bonds. The molecule has 0 aliphatic rings. The van der Waals surface area contributed by atoms with Crippen LogP contribution in [0.1, 0.15) is 13.8 Å². The van der Waals surface area contributed by atoms with Crippen molar-refractivity contribution in [3.8, 4) is 0 Å². The van der Waals surface area contributed by atoms with E-state index in [2.05, 4.69) is 11.6 Å². The molecule has 0 aliphatic heterocycles. The van der Waals surface area contributed by atoms with Gasteiger partial charge in [-0.25, -0.2) is 0 Å². The number of aliphatic imine (C=N–C) groups is 1. The lowest BCUT2D eigenvalue weighted by Gasteiger charge is -2.14. The highest BCUT2D eigenvalue weighted by molar-refractivity contribution is 5.80. The van der Waals surface area contributed by atoms with Gasteiger partial charge < -0.3 is 14.6 Å². The van der Waals surface area contributed by atoms with Gasteiger partial charge in [-0.1, -0.05) is 6.58 Å². The molecule has 4 heteroatoms. The van der Waals surface area contributed by atoms with Crippen molar-refractivity contribution in [3.63, 3.8) is 0 Å². The molecule has 0 aliphatic carbocycles. The Hall–Kier alpha value is -1.13. The smallest absolute Gasteiger partial charge is 0.200 e. The molecule has 0 saturated carbocycles. The second kappa shape index (κ2) is 6.34. The van der Waals surface area contributed by atoms with Gasteiger partial charge in [-0.15, -0.1) is 0 Å². The van der Waals surface area contributed by atoms with Crippen LogP contribution in [0.3, 0.4) is 0 Å². The number of allylic oxidation sites excluding steroid dienone is 1. The van der Waals surface area contributed by atoms with E-state index in [1.54, 1.807) is 0 Å². The monoisotopic (exact) mass is 199 g/mol. The summed E-state index contributed by atoms with van der Waals surface area (Å²) in [6.07, 6.45) is 0.818. The molecule has 0 saturated heterocycles. The predicted molar refractivity (Wildman–Crippen MR) is 56.4 cm³/mol. The van der Waals surface area contributed by atoms with Gasteiger partial charge in [-0.2, -0.15) is 0 Å². The Labute approximate surface area is 84.6 Å². The minimum absolute atomic E-state index is 0.0795. The van der Waals surface area contributed by atoms with Crippen LogP contribution in [0.5, 0.6) is 0 Å². The maximum absolute atomic E-state index is 9.02. The van der Waals surface area contributed by atoms with Crippen LogP contribution in [0.25, 0.3) is 0 Å². The van der Waals surface area contributed by atoms with E-state index >= 15 is 0 Å². The summed E-state index contributed by atoms with van der Waals surface area (Å²) in [4.78, 5) is 4.17. The molecule has 0 rings (SSSR count). The first-order valence-electron chi connectivity index (χ1n) is 4.18. The highest BCUT2D eigenvalue weighted by Gasteiger charge is 2.11. The average molecular weight is 199 g/mol. The van der Waals surface area contributed by atoms with Crippen molar-refractivity contribution in [3.05, 3.63) is 24.1 Å². The third kappa shape index (κ3) is 4.79. The van der Waals surface area contributed by atoms with Crippen LogP contribution in [0.2, 0.25) is 0 Å². The molecular formula is C10H17NO3. The Morgan fingerprint density at radius 1 is 1.36 bits per heavy atom. The lowest BCUT2D eigenvalue weighted by Crippen LogP contribution is -2.15. The Balaban J connectivity index is 4.89. The fourth-order valence-electron chi connectivity index (χ4n) is 0.920. The van der Waals surface area contributed by atoms with Crippen LogP contribution >= 0.6 is 0 Å². The summed E-state index contributed by atoms with van der Waals surface area (Å²) in [6, 6.07) is 0. The summed E-state index contributed by atoms with van der Waals surface area (Å²) >= 11 is 0. The van der Waals surface area contributed by atoms with Crippen molar-refractivity contribution in [2.75, 3.05) is 14.2 Å². The molecule has 0 radical (unpaired) electrons. The van der Waals surface area contributed by atoms with E-state index in [0.717, 1.165) is 5.71 Å². The van der Waals surface area contributed by atoms with Crippen LogP contribution in [0.4, 0.5) is 0 Å². The molecule has 1 N–H and O–H groups in total. The number of aliphatic hydroxyl groups is 1. The average Bonchev–Trinajstić information content (AvgIpc) is 2.03. The van der Waals surface area contributed by atoms with Gasteiger partial charge in [0.25, 0.3) is 0 Å². The first-order valence-corrected chi connectivity index (χ1v) is 4.18. The molecule has 0 fully saturated rings. The first kappa shape index (κ1) is 12.9. The third-order valence-corrected chi connectivity index (χ3v) is 1.34. The Morgan fingerprint density at radius 2 is 1.86 bits per heavy atom. The number of hydrogen-bond donors (Lipinski definition) is 1. The van der Waals surface area contributed by atoms with Gasteiger partial charge in [0.15, 0.2) is 0 Å². The number of aliphatic hydroxyl groups excluding tert-OH is 1. The van der Waals surface area contributed by atoms with Crippen LogP contribution in [-0.2, 0) is 9.47 Å². The Morgan fingerprint density at radius 3 is 2.14 bits per heavy atom. The van der Waals surface area contributed by atoms with E-state index in [4.69, 9.17) is 14.6 Å². The summed E-state index contributed by atoms with van der Waals surface area (Å²) in [6.45, 7) is 7.04. The van der Waals surface area contributed by atoms with E-state index < -0.39 is 6.29 Å². The SMILES string of the molecule is C=C(O)/C=C(\N=C(C)C)C(OC)OC. The van der Waals surface area contributed by atoms with E-state index in [9.17, 15) is 0 Å². The van der Waals surface area contributed by atoms with Gasteiger partial charge in [-0.05, 0) is 13.8 Å². The van der Waals surface area contributed by atoms with E-state index in [1.165, 1.54) is 20.3 Å². The fraction of sp³-hybridized carbons (Fsp3) is 0.500. The predicted octanol–water partition coefficient (Wildman–Crippen LogP) is 2.04. The molecule has 4 nitrogen and oxygen atoms in total. The molecule has 0 aromatic carbocycles. The van der Waals surface area contributed by atoms with E-state index in [1.807, 2.05) is 13.8 Å². The summed E-state index contributed by atoms with van der Waals surface area (Å²) in [5.41, 5.74) is 1.33. The number of methoxy groups -OCH3 is 2. The van der Waals surface area contributed by atoms with Gasteiger partial charge in [0, 0.05) is 26.0 Å². The van der Waals surface area contributed by atoms with Crippen LogP contribution in [-0.4, -0.2) is 31.3 Å². The number of rotatable bonds is 5. The number of ether oxygens (including phenoxy) is 2. The first-order chi connectivity index (χ1) is 6.51. The van der Waals surface area contributed by atoms with Crippen LogP contribution < -0.4 is 0 Å². The number of hydrogen-bond acceptors (Lipinski definition) is 4. The van der Waals surface area contributed by atoms with Crippen molar-refractivity contribution >= 4 is 5.71 Å². The second-order valence-corrected chi connectivity index (χ2v) is 2.92. The van der Waals surface area contributed by atoms with Crippen LogP contribution in [0, 0.1) is 0 Å². The van der Waals surface area contributed by atoms with Gasteiger partial charge in [-0.3, -0.25) is 4.99 Å². The second-order valence-electron chi connectivity index (χ2n) is 2.92. The third-order valence-electron chi connectivity index (χ3n) is 1.34. The van der Waals surface area contributed by atoms with Crippen molar-refractivity contribution in [2.24, 2.45) is 4.99 Å². The maximum Gasteiger partial charge on any atom is 0.200 e. The van der Waals surface area contributed by atoms with Gasteiger partial charge in [0.05, 0.1) is 5.70 Å². The van der Waals surface area contributed by atoms with Crippen molar-refractivity contribution < 1.29 is 14.6 Å². The molecule has 0 heterocycles. The molecule has 0 bridgehead atoms. The standard InChI is InChI=1S/C10H17NO3/c1-7(2)11-9(6-8(3)12)10(13-4)14-5/h6,10,12H,3H2,1-2,4-5H3/b9-6-. The molecule has 0 spiro atoms. The molecule has 0 unspecified atom stereocenters. The van der Waals surface area contributed by atoms with Gasteiger partial charge >= 0.3 is 0 Å². The molecule has 14 heavy (non-hydrogen) atoms. The largest absolute Gasteiger partial charge is 0.509 e. The molecule has 80 valence electrons. The van der Waals surface area contributed by atoms with Gasteiger partial charge in [0.2, 0.25) is 6.29 Å². The molecular weight excluding hydrogens is 182 g/mol. The maximum atomic E-state index is 9.02. The normalized spacial score (nSPS) is 11.6. The quantitative estimate of drug-likeness (QED) is 0.319. The summed E-state index contributed by atoms with van der Waals surface area (Å²) in [5.74, 6) is -0.0795. The lowest BCUT2D eigenvalue weighted by molar-refractivity contribution is -0.0755. The summed E-state index contributed by atoms with van der Waals surface area (Å²) < 4.78 is 10.0. The van der Waals surface area contributed by atoms with Crippen molar-refractivity contribution in [1.29, 1.82) is 0 Å². The van der Waals surface area contributed by atoms with Crippen molar-refractivity contribution in [2.45, 2.75) is 20.1 Å². The topological polar surface area (TPSA) is 51.1 Å².